The summed E-state index contributed by atoms with van der Waals surface area (Å²) in [5.41, 5.74) is 2.22. The predicted octanol–water partition coefficient (Wildman–Crippen LogP) is 3.73. The number of ether oxygens (including phenoxy) is 1. The van der Waals surface area contributed by atoms with Crippen LogP contribution in [0, 0.1) is 12.7 Å². The summed E-state index contributed by atoms with van der Waals surface area (Å²) in [4.78, 5) is 14.9. The van der Waals surface area contributed by atoms with E-state index in [2.05, 4.69) is 10.2 Å². The Bertz CT molecular complexity index is 822. The van der Waals surface area contributed by atoms with E-state index in [1.807, 2.05) is 24.3 Å². The van der Waals surface area contributed by atoms with Crippen molar-refractivity contribution < 1.29 is 13.9 Å². The first-order chi connectivity index (χ1) is 13.0. The SMILES string of the molecule is Cc1cc(F)cc(C(=O)N[C@H]2C[C@H]3CO[C@@H](c4ccc(Cl)cc4)CN3C2)c1. The summed E-state index contributed by atoms with van der Waals surface area (Å²) in [5.74, 6) is -0.610. The molecule has 2 aliphatic rings. The summed E-state index contributed by atoms with van der Waals surface area (Å²) in [6.07, 6.45) is 0.853. The Morgan fingerprint density at radius 1 is 1.22 bits per heavy atom. The van der Waals surface area contributed by atoms with Crippen molar-refractivity contribution in [1.29, 1.82) is 0 Å². The van der Waals surface area contributed by atoms with Gasteiger partial charge in [-0.2, -0.15) is 0 Å². The highest BCUT2D eigenvalue weighted by Gasteiger charge is 2.38. The molecule has 2 saturated heterocycles. The van der Waals surface area contributed by atoms with Crippen molar-refractivity contribution in [3.63, 3.8) is 0 Å². The normalized spacial score (nSPS) is 25.2. The highest BCUT2D eigenvalue weighted by atomic mass is 35.5. The molecule has 0 saturated carbocycles. The third kappa shape index (κ3) is 4.15. The van der Waals surface area contributed by atoms with Gasteiger partial charge in [0.25, 0.3) is 5.91 Å². The van der Waals surface area contributed by atoms with Gasteiger partial charge in [0.15, 0.2) is 0 Å². The molecule has 6 heteroatoms. The zero-order valence-electron chi connectivity index (χ0n) is 15.1. The van der Waals surface area contributed by atoms with Gasteiger partial charge in [0, 0.05) is 35.8 Å². The van der Waals surface area contributed by atoms with E-state index in [0.29, 0.717) is 23.2 Å². The second-order valence-electron chi connectivity index (χ2n) is 7.40. The van der Waals surface area contributed by atoms with Crippen molar-refractivity contribution in [2.45, 2.75) is 31.5 Å². The fourth-order valence-corrected chi connectivity index (χ4v) is 4.12. The molecule has 142 valence electrons. The Labute approximate surface area is 163 Å². The Hall–Kier alpha value is -1.95. The summed E-state index contributed by atoms with van der Waals surface area (Å²) < 4.78 is 19.6. The molecule has 2 fully saturated rings. The van der Waals surface area contributed by atoms with E-state index < -0.39 is 0 Å². The van der Waals surface area contributed by atoms with Gasteiger partial charge in [0.2, 0.25) is 0 Å². The topological polar surface area (TPSA) is 41.6 Å². The highest BCUT2D eigenvalue weighted by molar-refractivity contribution is 6.30. The lowest BCUT2D eigenvalue weighted by Gasteiger charge is -2.35. The fourth-order valence-electron chi connectivity index (χ4n) is 3.99. The zero-order valence-corrected chi connectivity index (χ0v) is 15.9. The molecule has 0 radical (unpaired) electrons. The molecule has 2 aromatic carbocycles. The van der Waals surface area contributed by atoms with Crippen molar-refractivity contribution in [3.8, 4) is 0 Å². The number of morpholine rings is 1. The molecule has 1 amide bonds. The summed E-state index contributed by atoms with van der Waals surface area (Å²) >= 11 is 5.96. The number of nitrogens with zero attached hydrogens (tertiary/aromatic N) is 1. The zero-order chi connectivity index (χ0) is 19.0. The van der Waals surface area contributed by atoms with Gasteiger partial charge >= 0.3 is 0 Å². The van der Waals surface area contributed by atoms with Gasteiger partial charge in [-0.25, -0.2) is 4.39 Å². The van der Waals surface area contributed by atoms with E-state index in [0.717, 1.165) is 30.6 Å². The van der Waals surface area contributed by atoms with E-state index in [4.69, 9.17) is 16.3 Å². The van der Waals surface area contributed by atoms with Gasteiger partial charge in [-0.05, 0) is 54.8 Å². The minimum absolute atomic E-state index is 0.0128. The Morgan fingerprint density at radius 2 is 2.00 bits per heavy atom. The van der Waals surface area contributed by atoms with Crippen molar-refractivity contribution >= 4 is 17.5 Å². The van der Waals surface area contributed by atoms with Crippen LogP contribution in [0.25, 0.3) is 0 Å². The van der Waals surface area contributed by atoms with Crippen LogP contribution in [0.4, 0.5) is 4.39 Å². The van der Waals surface area contributed by atoms with Crippen LogP contribution in [-0.2, 0) is 4.74 Å². The Morgan fingerprint density at radius 3 is 2.74 bits per heavy atom. The fraction of sp³-hybridized carbons (Fsp3) is 0.381. The number of rotatable bonds is 3. The second-order valence-corrected chi connectivity index (χ2v) is 7.84. The molecule has 0 spiro atoms. The summed E-state index contributed by atoms with van der Waals surface area (Å²) in [5, 5.41) is 3.76. The Balaban J connectivity index is 1.38. The third-order valence-corrected chi connectivity index (χ3v) is 5.55. The monoisotopic (exact) mass is 388 g/mol. The minimum Gasteiger partial charge on any atom is -0.371 e. The molecular formula is C21H22ClFN2O2. The van der Waals surface area contributed by atoms with Gasteiger partial charge in [-0.1, -0.05) is 23.7 Å². The number of amides is 1. The lowest BCUT2D eigenvalue weighted by Crippen LogP contribution is -2.43. The van der Waals surface area contributed by atoms with E-state index in [-0.39, 0.29) is 23.9 Å². The van der Waals surface area contributed by atoms with E-state index >= 15 is 0 Å². The molecule has 2 aliphatic heterocycles. The first kappa shape index (κ1) is 18.4. The van der Waals surface area contributed by atoms with Gasteiger partial charge < -0.3 is 10.1 Å². The van der Waals surface area contributed by atoms with Gasteiger partial charge in [0.1, 0.15) is 5.82 Å². The van der Waals surface area contributed by atoms with Crippen LogP contribution < -0.4 is 5.32 Å². The van der Waals surface area contributed by atoms with Gasteiger partial charge in [-0.15, -0.1) is 0 Å². The van der Waals surface area contributed by atoms with Crippen LogP contribution in [0.2, 0.25) is 5.02 Å². The third-order valence-electron chi connectivity index (χ3n) is 5.30. The predicted molar refractivity (Wildman–Crippen MR) is 103 cm³/mol. The molecule has 0 aromatic heterocycles. The molecule has 0 unspecified atom stereocenters. The molecule has 4 nitrogen and oxygen atoms in total. The maximum absolute atomic E-state index is 13.6. The van der Waals surface area contributed by atoms with Crippen LogP contribution in [0.5, 0.6) is 0 Å². The molecule has 0 aliphatic carbocycles. The smallest absolute Gasteiger partial charge is 0.251 e. The maximum Gasteiger partial charge on any atom is 0.251 e. The van der Waals surface area contributed by atoms with Crippen molar-refractivity contribution in [2.75, 3.05) is 19.7 Å². The molecular weight excluding hydrogens is 367 g/mol. The molecule has 2 aromatic rings. The lowest BCUT2D eigenvalue weighted by molar-refractivity contribution is -0.0502. The lowest BCUT2D eigenvalue weighted by atomic mass is 10.1. The average Bonchev–Trinajstić information content (AvgIpc) is 3.02. The number of hydrogen-bond donors (Lipinski definition) is 1. The largest absolute Gasteiger partial charge is 0.371 e. The van der Waals surface area contributed by atoms with Crippen LogP contribution in [-0.4, -0.2) is 42.6 Å². The summed E-state index contributed by atoms with van der Waals surface area (Å²) in [6.45, 7) is 3.98. The van der Waals surface area contributed by atoms with E-state index in [1.54, 1.807) is 13.0 Å². The van der Waals surface area contributed by atoms with Crippen LogP contribution in [0.1, 0.15) is 34.0 Å². The van der Waals surface area contributed by atoms with E-state index in [9.17, 15) is 9.18 Å². The quantitative estimate of drug-likeness (QED) is 0.871. The second kappa shape index (κ2) is 7.58. The number of nitrogens with one attached hydrogen (secondary N) is 1. The van der Waals surface area contributed by atoms with Gasteiger partial charge in [-0.3, -0.25) is 9.69 Å². The number of fused-ring (bicyclic) bond motifs is 1. The van der Waals surface area contributed by atoms with Crippen LogP contribution >= 0.6 is 11.6 Å². The van der Waals surface area contributed by atoms with E-state index in [1.165, 1.54) is 12.1 Å². The molecule has 0 bridgehead atoms. The Kier molecular flexibility index (Phi) is 5.17. The van der Waals surface area contributed by atoms with Crippen molar-refractivity contribution in [1.82, 2.24) is 10.2 Å². The number of carbonyl (C=O) groups is 1. The first-order valence-electron chi connectivity index (χ1n) is 9.17. The van der Waals surface area contributed by atoms with Crippen LogP contribution in [0.3, 0.4) is 0 Å². The van der Waals surface area contributed by atoms with Gasteiger partial charge in [0.05, 0.1) is 12.7 Å². The number of benzene rings is 2. The maximum atomic E-state index is 13.6. The van der Waals surface area contributed by atoms with Crippen LogP contribution in [0.15, 0.2) is 42.5 Å². The average molecular weight is 389 g/mol. The highest BCUT2D eigenvalue weighted by Crippen LogP contribution is 2.31. The number of carbonyl (C=O) groups excluding carboxylic acids is 1. The molecule has 4 rings (SSSR count). The van der Waals surface area contributed by atoms with Crippen molar-refractivity contribution in [2.24, 2.45) is 0 Å². The minimum atomic E-state index is -0.386. The summed E-state index contributed by atoms with van der Waals surface area (Å²) in [7, 11) is 0. The van der Waals surface area contributed by atoms with Crippen molar-refractivity contribution in [3.05, 3.63) is 70.0 Å². The molecule has 2 heterocycles. The number of halogens is 2. The molecule has 1 N–H and O–H groups in total. The molecule has 3 atom stereocenters. The standard InChI is InChI=1S/C21H22ClFN2O2/c1-13-6-15(8-17(23)7-13)21(26)24-18-9-19-12-27-20(11-25(19)10-18)14-2-4-16(22)5-3-14/h2-8,18-20H,9-12H2,1H3,(H,24,26)/t18-,19-,20+/m0/s1. The molecule has 27 heavy (non-hydrogen) atoms. The number of hydrogen-bond acceptors (Lipinski definition) is 3. The summed E-state index contributed by atoms with van der Waals surface area (Å²) in [6, 6.07) is 12.5. The number of aryl methyl sites for hydroxylation is 1. The first-order valence-corrected chi connectivity index (χ1v) is 9.55.